The third-order valence-corrected chi connectivity index (χ3v) is 4.35. The van der Waals surface area contributed by atoms with Crippen molar-refractivity contribution in [3.8, 4) is 6.07 Å². The van der Waals surface area contributed by atoms with Gasteiger partial charge in [0.1, 0.15) is 0 Å². The van der Waals surface area contributed by atoms with Crippen LogP contribution in [0.4, 0.5) is 18.9 Å². The molecule has 0 bridgehead atoms. The second-order valence-corrected chi connectivity index (χ2v) is 5.58. The van der Waals surface area contributed by atoms with Crippen LogP contribution in [0.5, 0.6) is 0 Å². The highest BCUT2D eigenvalue weighted by molar-refractivity contribution is 6.19. The first-order chi connectivity index (χ1) is 10.9. The van der Waals surface area contributed by atoms with Crippen molar-refractivity contribution in [3.05, 3.63) is 41.5 Å². The van der Waals surface area contributed by atoms with Gasteiger partial charge >= 0.3 is 12.1 Å². The highest BCUT2D eigenvalue weighted by atomic mass is 35.5. The maximum absolute atomic E-state index is 12.8. The molecule has 1 atom stereocenters. The molecule has 0 aromatic heterocycles. The minimum absolute atomic E-state index is 0.0878. The first kappa shape index (κ1) is 15.6. The molecule has 0 radical (unpaired) electrons. The van der Waals surface area contributed by atoms with Crippen molar-refractivity contribution in [3.63, 3.8) is 0 Å². The van der Waals surface area contributed by atoms with E-state index in [1.807, 2.05) is 0 Å². The molecule has 1 aliphatic heterocycles. The zero-order valence-corrected chi connectivity index (χ0v) is 12.4. The van der Waals surface area contributed by atoms with Crippen molar-refractivity contribution in [1.29, 1.82) is 5.26 Å². The lowest BCUT2D eigenvalue weighted by molar-refractivity contribution is -0.170. The number of amides is 1. The second kappa shape index (κ2) is 5.43. The van der Waals surface area contributed by atoms with Gasteiger partial charge in [-0.25, -0.2) is 0 Å². The van der Waals surface area contributed by atoms with E-state index in [9.17, 15) is 18.0 Å². The minimum atomic E-state index is -4.94. The number of fused-ring (bicyclic) bond motifs is 3. The Labute approximate surface area is 134 Å². The number of halogens is 4. The van der Waals surface area contributed by atoms with E-state index in [4.69, 9.17) is 16.9 Å². The summed E-state index contributed by atoms with van der Waals surface area (Å²) in [6.45, 7) is -0.118. The number of carbonyl (C=O) groups excluding carboxylic acids is 1. The third kappa shape index (κ3) is 2.41. The van der Waals surface area contributed by atoms with Crippen LogP contribution in [0.3, 0.4) is 0 Å². The molecular formula is C16H10ClF3N2O. The van der Waals surface area contributed by atoms with Crippen LogP contribution in [0.25, 0.3) is 10.8 Å². The van der Waals surface area contributed by atoms with Crippen LogP contribution >= 0.6 is 11.6 Å². The average Bonchev–Trinajstić information content (AvgIpc) is 2.91. The van der Waals surface area contributed by atoms with E-state index >= 15 is 0 Å². The molecule has 0 spiro atoms. The van der Waals surface area contributed by atoms with Gasteiger partial charge in [-0.1, -0.05) is 18.2 Å². The molecule has 2 aromatic carbocycles. The molecular weight excluding hydrogens is 329 g/mol. The smallest absolute Gasteiger partial charge is 0.304 e. The van der Waals surface area contributed by atoms with Crippen molar-refractivity contribution in [2.24, 2.45) is 0 Å². The van der Waals surface area contributed by atoms with E-state index in [1.165, 1.54) is 6.07 Å². The molecule has 1 heterocycles. The summed E-state index contributed by atoms with van der Waals surface area (Å²) < 4.78 is 38.4. The zero-order valence-electron chi connectivity index (χ0n) is 11.7. The normalized spacial score (nSPS) is 17.2. The number of carbonyl (C=O) groups is 1. The van der Waals surface area contributed by atoms with Gasteiger partial charge in [0.2, 0.25) is 0 Å². The third-order valence-electron chi connectivity index (χ3n) is 3.98. The van der Waals surface area contributed by atoms with Crippen molar-refractivity contribution in [1.82, 2.24) is 0 Å². The number of hydrogen-bond acceptors (Lipinski definition) is 2. The van der Waals surface area contributed by atoms with Crippen LogP contribution in [-0.2, 0) is 4.79 Å². The predicted molar refractivity (Wildman–Crippen MR) is 80.5 cm³/mol. The van der Waals surface area contributed by atoms with E-state index in [0.29, 0.717) is 21.9 Å². The second-order valence-electron chi connectivity index (χ2n) is 5.28. The Bertz CT molecular complexity index is 842. The van der Waals surface area contributed by atoms with Gasteiger partial charge < -0.3 is 4.90 Å². The van der Waals surface area contributed by atoms with Crippen molar-refractivity contribution in [2.45, 2.75) is 12.1 Å². The Morgan fingerprint density at radius 2 is 2.04 bits per heavy atom. The maximum atomic E-state index is 12.8. The first-order valence-electron chi connectivity index (χ1n) is 6.79. The average molecular weight is 339 g/mol. The van der Waals surface area contributed by atoms with Crippen molar-refractivity contribution < 1.29 is 18.0 Å². The number of nitriles is 1. The van der Waals surface area contributed by atoms with Crippen LogP contribution in [0, 0.1) is 11.3 Å². The number of alkyl halides is 4. The molecule has 1 aliphatic rings. The van der Waals surface area contributed by atoms with E-state index in [1.54, 1.807) is 24.3 Å². The predicted octanol–water partition coefficient (Wildman–Crippen LogP) is 3.94. The highest BCUT2D eigenvalue weighted by Gasteiger charge is 2.46. The van der Waals surface area contributed by atoms with Crippen LogP contribution in [0.2, 0.25) is 0 Å². The van der Waals surface area contributed by atoms with Crippen LogP contribution in [-0.4, -0.2) is 24.5 Å². The van der Waals surface area contributed by atoms with Gasteiger partial charge in [0.05, 0.1) is 11.6 Å². The molecule has 0 N–H and O–H groups in total. The first-order valence-corrected chi connectivity index (χ1v) is 7.32. The molecule has 0 saturated heterocycles. The highest BCUT2D eigenvalue weighted by Crippen LogP contribution is 2.43. The Morgan fingerprint density at radius 3 is 2.65 bits per heavy atom. The molecule has 0 saturated carbocycles. The lowest BCUT2D eigenvalue weighted by Gasteiger charge is -2.19. The summed E-state index contributed by atoms with van der Waals surface area (Å²) in [4.78, 5) is 12.4. The van der Waals surface area contributed by atoms with Crippen LogP contribution in [0.1, 0.15) is 17.0 Å². The molecule has 0 fully saturated rings. The summed E-state index contributed by atoms with van der Waals surface area (Å²) in [5.41, 5.74) is 1.23. The summed E-state index contributed by atoms with van der Waals surface area (Å²) >= 11 is 5.91. The van der Waals surface area contributed by atoms with E-state index in [0.717, 1.165) is 4.90 Å². The topological polar surface area (TPSA) is 44.1 Å². The SMILES string of the molecule is N#Cc1cccc2c3c(ccc12)N(C(=O)C(F)(F)F)CC3CCl. The van der Waals surface area contributed by atoms with E-state index in [-0.39, 0.29) is 18.1 Å². The summed E-state index contributed by atoms with van der Waals surface area (Å²) in [5.74, 6) is -2.22. The summed E-state index contributed by atoms with van der Waals surface area (Å²) in [7, 11) is 0. The largest absolute Gasteiger partial charge is 0.471 e. The monoisotopic (exact) mass is 338 g/mol. The molecule has 23 heavy (non-hydrogen) atoms. The lowest BCUT2D eigenvalue weighted by Crippen LogP contribution is -2.40. The van der Waals surface area contributed by atoms with Gasteiger partial charge in [-0.05, 0) is 28.5 Å². The molecule has 7 heteroatoms. The van der Waals surface area contributed by atoms with Crippen LogP contribution < -0.4 is 4.90 Å². The minimum Gasteiger partial charge on any atom is -0.304 e. The van der Waals surface area contributed by atoms with Crippen molar-refractivity contribution in [2.75, 3.05) is 17.3 Å². The number of rotatable bonds is 1. The quantitative estimate of drug-likeness (QED) is 0.739. The van der Waals surface area contributed by atoms with E-state index in [2.05, 4.69) is 6.07 Å². The Morgan fingerprint density at radius 1 is 1.30 bits per heavy atom. The molecule has 3 rings (SSSR count). The fraction of sp³-hybridized carbons (Fsp3) is 0.250. The van der Waals surface area contributed by atoms with Gasteiger partial charge in [0.15, 0.2) is 0 Å². The maximum Gasteiger partial charge on any atom is 0.471 e. The van der Waals surface area contributed by atoms with E-state index < -0.39 is 18.0 Å². The number of anilines is 1. The Kier molecular flexibility index (Phi) is 3.69. The number of benzene rings is 2. The summed E-state index contributed by atoms with van der Waals surface area (Å²) in [5, 5.41) is 10.5. The number of nitrogens with zero attached hydrogens (tertiary/aromatic N) is 2. The summed E-state index contributed by atoms with van der Waals surface area (Å²) in [6.07, 6.45) is -4.94. The Balaban J connectivity index is 2.24. The Hall–Kier alpha value is -2.26. The molecule has 0 aliphatic carbocycles. The van der Waals surface area contributed by atoms with Gasteiger partial charge in [-0.3, -0.25) is 4.79 Å². The number of hydrogen-bond donors (Lipinski definition) is 0. The lowest BCUT2D eigenvalue weighted by atomic mass is 9.94. The van der Waals surface area contributed by atoms with Gasteiger partial charge in [0, 0.05) is 24.0 Å². The summed E-state index contributed by atoms with van der Waals surface area (Å²) in [6, 6.07) is 10.1. The molecule has 3 nitrogen and oxygen atoms in total. The fourth-order valence-electron chi connectivity index (χ4n) is 3.01. The molecule has 1 unspecified atom stereocenters. The van der Waals surface area contributed by atoms with Crippen LogP contribution in [0.15, 0.2) is 30.3 Å². The molecule has 118 valence electrons. The molecule has 1 amide bonds. The standard InChI is InChI=1S/C16H10ClF3N2O/c17-6-10-8-22(15(23)16(18,19)20)13-5-4-11-9(7-21)2-1-3-12(11)14(10)13/h1-5,10H,6,8H2. The fourth-order valence-corrected chi connectivity index (χ4v) is 3.26. The molecule has 2 aromatic rings. The van der Waals surface area contributed by atoms with Gasteiger partial charge in [-0.2, -0.15) is 18.4 Å². The van der Waals surface area contributed by atoms with Crippen molar-refractivity contribution >= 4 is 34.0 Å². The van der Waals surface area contributed by atoms with Gasteiger partial charge in [0.25, 0.3) is 0 Å². The zero-order chi connectivity index (χ0) is 16.8. The van der Waals surface area contributed by atoms with Gasteiger partial charge in [-0.15, -0.1) is 11.6 Å².